The van der Waals surface area contributed by atoms with Gasteiger partial charge in [-0.2, -0.15) is 0 Å². The first-order valence-corrected chi connectivity index (χ1v) is 10.4. The highest BCUT2D eigenvalue weighted by Crippen LogP contribution is 2.39. The molecule has 2 amide bonds. The van der Waals surface area contributed by atoms with E-state index in [0.29, 0.717) is 32.2 Å². The summed E-state index contributed by atoms with van der Waals surface area (Å²) >= 11 is 0. The van der Waals surface area contributed by atoms with E-state index >= 15 is 0 Å². The first-order valence-electron chi connectivity index (χ1n) is 10.4. The first-order chi connectivity index (χ1) is 14.3. The molecule has 2 aliphatic heterocycles. The fourth-order valence-corrected chi connectivity index (χ4v) is 4.59. The van der Waals surface area contributed by atoms with Crippen LogP contribution < -0.4 is 4.90 Å². The predicted molar refractivity (Wildman–Crippen MR) is 112 cm³/mol. The number of piperidine rings is 1. The van der Waals surface area contributed by atoms with E-state index in [9.17, 15) is 13.6 Å². The molecule has 1 saturated heterocycles. The molecule has 160 valence electrons. The summed E-state index contributed by atoms with van der Waals surface area (Å²) in [6, 6.07) is 8.23. The minimum Gasteiger partial charge on any atom is -0.324 e. The van der Waals surface area contributed by atoms with Gasteiger partial charge >= 0.3 is 6.03 Å². The minimum atomic E-state index is -0.824. The number of urea groups is 1. The van der Waals surface area contributed by atoms with Gasteiger partial charge in [0.05, 0.1) is 11.4 Å². The van der Waals surface area contributed by atoms with Crippen LogP contribution in [0.25, 0.3) is 0 Å². The largest absolute Gasteiger partial charge is 0.324 e. The lowest BCUT2D eigenvalue weighted by atomic mass is 9.91. The lowest BCUT2D eigenvalue weighted by Gasteiger charge is -2.38. The zero-order chi connectivity index (χ0) is 21.5. The number of carbonyl (C=O) groups excluding carboxylic acids is 1. The molecule has 0 saturated carbocycles. The molecule has 1 aromatic carbocycles. The Balaban J connectivity index is 1.36. The molecule has 0 spiro atoms. The second-order valence-electron chi connectivity index (χ2n) is 9.01. The lowest BCUT2D eigenvalue weighted by Crippen LogP contribution is -2.50. The fourth-order valence-electron chi connectivity index (χ4n) is 4.59. The molecule has 0 aliphatic carbocycles. The number of rotatable bonds is 3. The van der Waals surface area contributed by atoms with E-state index in [2.05, 4.69) is 23.7 Å². The fraction of sp³-hybridized carbons (Fsp3) is 0.478. The second-order valence-corrected chi connectivity index (χ2v) is 9.01. The Morgan fingerprint density at radius 2 is 1.93 bits per heavy atom. The Morgan fingerprint density at radius 1 is 1.20 bits per heavy atom. The second kappa shape index (κ2) is 7.95. The number of amides is 2. The third-order valence-corrected chi connectivity index (χ3v) is 6.28. The summed E-state index contributed by atoms with van der Waals surface area (Å²) in [6.45, 7) is 6.77. The quantitative estimate of drug-likeness (QED) is 0.757. The maximum absolute atomic E-state index is 13.5. The average molecular weight is 415 g/mol. The number of nitrogens with zero attached hydrogens (tertiary/aromatic N) is 4. The van der Waals surface area contributed by atoms with Crippen molar-refractivity contribution in [2.45, 2.75) is 44.7 Å². The van der Waals surface area contributed by atoms with Crippen molar-refractivity contribution in [1.29, 1.82) is 0 Å². The van der Waals surface area contributed by atoms with Crippen molar-refractivity contribution in [2.24, 2.45) is 0 Å². The van der Waals surface area contributed by atoms with Crippen LogP contribution in [0.15, 0.2) is 36.5 Å². The van der Waals surface area contributed by atoms with Gasteiger partial charge < -0.3 is 4.90 Å². The Morgan fingerprint density at radius 3 is 2.63 bits per heavy atom. The van der Waals surface area contributed by atoms with Crippen molar-refractivity contribution in [3.8, 4) is 0 Å². The maximum Gasteiger partial charge on any atom is 0.324 e. The molecule has 2 aromatic rings. The standard InChI is InChI=1S/C23H28F2N4O/c1-23(2)15-29(20-5-4-10-26-21(20)23)22(30)28-11-8-17(9-12-28)27(3)14-16-6-7-18(24)19(25)13-16/h4-7,10,13,17H,8-9,11-12,14-15H2,1-3H3. The molecule has 1 fully saturated rings. The Bertz CT molecular complexity index is 941. The highest BCUT2D eigenvalue weighted by molar-refractivity contribution is 5.94. The van der Waals surface area contributed by atoms with Gasteiger partial charge in [-0.3, -0.25) is 14.8 Å². The van der Waals surface area contributed by atoms with Gasteiger partial charge in [0.25, 0.3) is 0 Å². The molecule has 4 rings (SSSR count). The Kier molecular flexibility index (Phi) is 5.49. The average Bonchev–Trinajstić information content (AvgIpc) is 3.01. The van der Waals surface area contributed by atoms with E-state index in [1.165, 1.54) is 12.1 Å². The molecular weight excluding hydrogens is 386 g/mol. The minimum absolute atomic E-state index is 0.0385. The summed E-state index contributed by atoms with van der Waals surface area (Å²) < 4.78 is 26.6. The summed E-state index contributed by atoms with van der Waals surface area (Å²) in [7, 11) is 1.99. The number of pyridine rings is 1. The molecule has 1 aromatic heterocycles. The van der Waals surface area contributed by atoms with E-state index < -0.39 is 11.6 Å². The highest BCUT2D eigenvalue weighted by Gasteiger charge is 2.41. The first kappa shape index (κ1) is 20.7. The molecule has 30 heavy (non-hydrogen) atoms. The zero-order valence-electron chi connectivity index (χ0n) is 17.7. The highest BCUT2D eigenvalue weighted by atomic mass is 19.2. The molecule has 0 unspecified atom stereocenters. The normalized spacial score (nSPS) is 18.7. The van der Waals surface area contributed by atoms with Crippen molar-refractivity contribution in [3.63, 3.8) is 0 Å². The number of halogens is 2. The van der Waals surface area contributed by atoms with Gasteiger partial charge in [0.2, 0.25) is 0 Å². The summed E-state index contributed by atoms with van der Waals surface area (Å²) in [5.74, 6) is -1.64. The van der Waals surface area contributed by atoms with Crippen molar-refractivity contribution in [3.05, 3.63) is 59.4 Å². The molecule has 3 heterocycles. The number of hydrogen-bond acceptors (Lipinski definition) is 3. The van der Waals surface area contributed by atoms with Crippen LogP contribution in [0.3, 0.4) is 0 Å². The molecule has 0 atom stereocenters. The van der Waals surface area contributed by atoms with Crippen molar-refractivity contribution < 1.29 is 13.6 Å². The molecule has 2 aliphatic rings. The number of aromatic nitrogens is 1. The lowest BCUT2D eigenvalue weighted by molar-refractivity contribution is 0.133. The number of benzene rings is 1. The number of likely N-dealkylation sites (tertiary alicyclic amines) is 1. The predicted octanol–water partition coefficient (Wildman–Crippen LogP) is 4.17. The van der Waals surface area contributed by atoms with Gasteiger partial charge in [-0.15, -0.1) is 0 Å². The Labute approximate surface area is 176 Å². The van der Waals surface area contributed by atoms with Gasteiger partial charge in [-0.25, -0.2) is 13.6 Å². The van der Waals surface area contributed by atoms with Crippen LogP contribution in [0, 0.1) is 11.6 Å². The van der Waals surface area contributed by atoms with Crippen LogP contribution in [0.4, 0.5) is 19.3 Å². The summed E-state index contributed by atoms with van der Waals surface area (Å²) in [4.78, 5) is 23.7. The third kappa shape index (κ3) is 3.90. The van der Waals surface area contributed by atoms with Crippen LogP contribution >= 0.6 is 0 Å². The van der Waals surface area contributed by atoms with Crippen LogP contribution in [-0.2, 0) is 12.0 Å². The summed E-state index contributed by atoms with van der Waals surface area (Å²) in [5.41, 5.74) is 2.47. The number of fused-ring (bicyclic) bond motifs is 1. The van der Waals surface area contributed by atoms with Gasteiger partial charge in [0.15, 0.2) is 11.6 Å². The topological polar surface area (TPSA) is 39.7 Å². The monoisotopic (exact) mass is 414 g/mol. The van der Waals surface area contributed by atoms with E-state index in [1.807, 2.05) is 29.0 Å². The summed E-state index contributed by atoms with van der Waals surface area (Å²) in [5, 5.41) is 0. The number of hydrogen-bond donors (Lipinski definition) is 0. The van der Waals surface area contributed by atoms with Gasteiger partial charge in [-0.05, 0) is 49.7 Å². The van der Waals surface area contributed by atoms with Crippen LogP contribution in [0.5, 0.6) is 0 Å². The van der Waals surface area contributed by atoms with Gasteiger partial charge in [-0.1, -0.05) is 19.9 Å². The molecule has 0 N–H and O–H groups in total. The molecule has 5 nitrogen and oxygen atoms in total. The molecule has 0 radical (unpaired) electrons. The molecule has 7 heteroatoms. The maximum atomic E-state index is 13.5. The third-order valence-electron chi connectivity index (χ3n) is 6.28. The molecular formula is C23H28F2N4O. The molecule has 0 bridgehead atoms. The van der Waals surface area contributed by atoms with Crippen molar-refractivity contribution >= 4 is 11.7 Å². The number of carbonyl (C=O) groups is 1. The number of anilines is 1. The van der Waals surface area contributed by atoms with Gasteiger partial charge in [0, 0.05) is 43.8 Å². The zero-order valence-corrected chi connectivity index (χ0v) is 17.7. The van der Waals surface area contributed by atoms with Crippen LogP contribution in [0.2, 0.25) is 0 Å². The van der Waals surface area contributed by atoms with Crippen LogP contribution in [0.1, 0.15) is 37.9 Å². The smallest absolute Gasteiger partial charge is 0.324 e. The van der Waals surface area contributed by atoms with E-state index in [1.54, 1.807) is 12.3 Å². The van der Waals surface area contributed by atoms with E-state index in [-0.39, 0.29) is 11.4 Å². The van der Waals surface area contributed by atoms with Crippen LogP contribution in [-0.4, -0.2) is 53.5 Å². The Hall–Kier alpha value is -2.54. The SMILES string of the molecule is CN(Cc1ccc(F)c(F)c1)C1CCN(C(=O)N2CC(C)(C)c3ncccc32)CC1. The van der Waals surface area contributed by atoms with Gasteiger partial charge in [0.1, 0.15) is 0 Å². The van der Waals surface area contributed by atoms with E-state index in [0.717, 1.165) is 29.8 Å². The summed E-state index contributed by atoms with van der Waals surface area (Å²) in [6.07, 6.45) is 3.48. The van der Waals surface area contributed by atoms with Crippen molar-refractivity contribution in [1.82, 2.24) is 14.8 Å². The van der Waals surface area contributed by atoms with E-state index in [4.69, 9.17) is 0 Å². The van der Waals surface area contributed by atoms with Crippen molar-refractivity contribution in [2.75, 3.05) is 31.6 Å².